The maximum atomic E-state index is 14.7. The third kappa shape index (κ3) is 1.76. The van der Waals surface area contributed by atoms with Crippen LogP contribution in [0.15, 0.2) is 54.4 Å². The summed E-state index contributed by atoms with van der Waals surface area (Å²) in [6, 6.07) is 7.53. The molecule has 0 aliphatic carbocycles. The lowest BCUT2D eigenvalue weighted by molar-refractivity contribution is -0.356. The highest BCUT2D eigenvalue weighted by atomic mass is 19.2. The summed E-state index contributed by atoms with van der Waals surface area (Å²) in [6.07, 6.45) is 5.72. The second-order valence-electron chi connectivity index (χ2n) is 5.38. The number of nitrogens with zero attached hydrogens (tertiary/aromatic N) is 2. The highest BCUT2D eigenvalue weighted by molar-refractivity contribution is 6.57. The lowest BCUT2D eigenvalue weighted by Gasteiger charge is -2.31. The number of hydrogen-bond donors (Lipinski definition) is 0. The Balaban J connectivity index is 2.11. The van der Waals surface area contributed by atoms with Crippen LogP contribution in [0.5, 0.6) is 5.75 Å². The number of rotatable bonds is 2. The number of fused-ring (bicyclic) bond motifs is 2. The fraction of sp³-hybridized carbons (Fsp3) is 0.0625. The fourth-order valence-electron chi connectivity index (χ4n) is 3.19. The first-order valence-corrected chi connectivity index (χ1v) is 7.12. The highest BCUT2D eigenvalue weighted by Crippen LogP contribution is 2.42. The summed E-state index contributed by atoms with van der Waals surface area (Å²) in [7, 11) is 1.43. The van der Waals surface area contributed by atoms with E-state index in [4.69, 9.17) is 4.74 Å². The molecule has 4 rings (SSSR count). The molecule has 116 valence electrons. The van der Waals surface area contributed by atoms with Gasteiger partial charge in [0, 0.05) is 17.8 Å². The predicted molar refractivity (Wildman–Crippen MR) is 82.2 cm³/mol. The third-order valence-electron chi connectivity index (χ3n) is 4.18. The van der Waals surface area contributed by atoms with Crippen LogP contribution in [0.4, 0.5) is 13.0 Å². The molecular weight excluding hydrogens is 304 g/mol. The summed E-state index contributed by atoms with van der Waals surface area (Å²) >= 11 is 0. The Morgan fingerprint density at radius 1 is 1.17 bits per heavy atom. The van der Waals surface area contributed by atoms with Crippen LogP contribution in [0.25, 0.3) is 5.57 Å². The summed E-state index contributed by atoms with van der Waals surface area (Å²) in [5.74, 6) is -0.212. The van der Waals surface area contributed by atoms with E-state index in [1.54, 1.807) is 18.2 Å². The number of halogens is 3. The molecule has 2 aliphatic heterocycles. The Hall–Kier alpha value is -2.70. The van der Waals surface area contributed by atoms with Crippen LogP contribution in [-0.2, 0) is 0 Å². The summed E-state index contributed by atoms with van der Waals surface area (Å²) < 4.78 is 50.9. The van der Waals surface area contributed by atoms with Gasteiger partial charge in [0.1, 0.15) is 17.8 Å². The molecular formula is C16H12BF3N2O. The van der Waals surface area contributed by atoms with Gasteiger partial charge in [0.05, 0.1) is 18.2 Å². The summed E-state index contributed by atoms with van der Waals surface area (Å²) in [4.78, 5) is 0. The molecule has 0 saturated carbocycles. The van der Waals surface area contributed by atoms with Crippen molar-refractivity contribution in [2.75, 3.05) is 7.11 Å². The van der Waals surface area contributed by atoms with Crippen molar-refractivity contribution in [2.45, 2.75) is 0 Å². The Morgan fingerprint density at radius 3 is 2.78 bits per heavy atom. The van der Waals surface area contributed by atoms with E-state index in [0.717, 1.165) is 8.96 Å². The lowest BCUT2D eigenvalue weighted by atomic mass is 9.86. The van der Waals surface area contributed by atoms with Crippen LogP contribution in [0.2, 0.25) is 0 Å². The number of benzene rings is 1. The van der Waals surface area contributed by atoms with Gasteiger partial charge < -0.3 is 22.3 Å². The number of allylic oxidation sites excluding steroid dienone is 2. The maximum Gasteiger partial charge on any atom is 0.737 e. The topological polar surface area (TPSA) is 17.2 Å². The third-order valence-corrected chi connectivity index (χ3v) is 4.18. The molecule has 0 bridgehead atoms. The molecule has 2 aromatic rings. The Kier molecular flexibility index (Phi) is 2.82. The Labute approximate surface area is 130 Å². The van der Waals surface area contributed by atoms with E-state index in [1.165, 1.54) is 43.8 Å². The summed E-state index contributed by atoms with van der Waals surface area (Å²) in [6.45, 7) is -3.99. The first-order chi connectivity index (χ1) is 11.1. The molecule has 23 heavy (non-hydrogen) atoms. The minimum Gasteiger partial charge on any atom is -0.496 e. The molecule has 3 heterocycles. The minimum atomic E-state index is -3.99. The van der Waals surface area contributed by atoms with E-state index in [1.807, 2.05) is 0 Å². The molecule has 0 unspecified atom stereocenters. The molecule has 0 N–H and O–H groups in total. The quantitative estimate of drug-likeness (QED) is 0.777. The molecule has 0 amide bonds. The number of hydrogen-bond acceptors (Lipinski definition) is 1. The largest absolute Gasteiger partial charge is 0.737 e. The monoisotopic (exact) mass is 316 g/mol. The number of ether oxygens (including phenoxy) is 1. The summed E-state index contributed by atoms with van der Waals surface area (Å²) in [5, 5.41) is 0. The van der Waals surface area contributed by atoms with Crippen molar-refractivity contribution in [1.82, 2.24) is 4.48 Å². The maximum absolute atomic E-state index is 14.7. The molecule has 1 aromatic carbocycles. The first-order valence-electron chi connectivity index (χ1n) is 7.12. The van der Waals surface area contributed by atoms with E-state index < -0.39 is 12.8 Å². The zero-order chi connectivity index (χ0) is 16.2. The molecule has 1 aromatic heterocycles. The van der Waals surface area contributed by atoms with Gasteiger partial charge in [-0.1, -0.05) is 6.07 Å². The van der Waals surface area contributed by atoms with Crippen LogP contribution in [0, 0.1) is 5.82 Å². The molecule has 2 aliphatic rings. The van der Waals surface area contributed by atoms with Crippen molar-refractivity contribution in [3.8, 4) is 5.75 Å². The van der Waals surface area contributed by atoms with Gasteiger partial charge in [-0.2, -0.15) is 0 Å². The van der Waals surface area contributed by atoms with E-state index in [2.05, 4.69) is 0 Å². The molecule has 0 fully saturated rings. The van der Waals surface area contributed by atoms with Crippen LogP contribution >= 0.6 is 0 Å². The molecule has 0 spiro atoms. The van der Waals surface area contributed by atoms with E-state index in [9.17, 15) is 13.0 Å². The van der Waals surface area contributed by atoms with Crippen LogP contribution < -0.4 is 4.74 Å². The first kappa shape index (κ1) is 13.9. The average Bonchev–Trinajstić information content (AvgIpc) is 3.18. The van der Waals surface area contributed by atoms with Gasteiger partial charge in [-0.05, 0) is 30.5 Å². The molecule has 3 nitrogen and oxygen atoms in total. The zero-order valence-electron chi connectivity index (χ0n) is 12.2. The predicted octanol–water partition coefficient (Wildman–Crippen LogP) is 3.28. The second-order valence-corrected chi connectivity index (χ2v) is 5.38. The zero-order valence-corrected chi connectivity index (χ0v) is 12.2. The van der Waals surface area contributed by atoms with Gasteiger partial charge in [0.15, 0.2) is 5.70 Å². The van der Waals surface area contributed by atoms with Gasteiger partial charge >= 0.3 is 6.97 Å². The van der Waals surface area contributed by atoms with Crippen LogP contribution in [0.3, 0.4) is 0 Å². The van der Waals surface area contributed by atoms with Gasteiger partial charge in [-0.25, -0.2) is 4.39 Å². The normalized spacial score (nSPS) is 17.8. The highest BCUT2D eigenvalue weighted by Gasteiger charge is 2.51. The van der Waals surface area contributed by atoms with Crippen molar-refractivity contribution in [3.05, 3.63) is 71.5 Å². The minimum absolute atomic E-state index is 0.182. The summed E-state index contributed by atoms with van der Waals surface area (Å²) in [5.41, 5.74) is 1.11. The molecule has 0 atom stereocenters. The smallest absolute Gasteiger partial charge is 0.496 e. The molecule has 0 radical (unpaired) electrons. The number of aromatic nitrogens is 1. The van der Waals surface area contributed by atoms with E-state index >= 15 is 0 Å². The Bertz CT molecular complexity index is 912. The van der Waals surface area contributed by atoms with E-state index in [0.29, 0.717) is 11.3 Å². The lowest BCUT2D eigenvalue weighted by Crippen LogP contribution is -2.49. The fourth-order valence-corrected chi connectivity index (χ4v) is 3.19. The molecule has 7 heteroatoms. The van der Waals surface area contributed by atoms with E-state index in [-0.39, 0.29) is 17.0 Å². The van der Waals surface area contributed by atoms with Gasteiger partial charge in [0.2, 0.25) is 0 Å². The van der Waals surface area contributed by atoms with Crippen molar-refractivity contribution < 1.29 is 22.2 Å². The Morgan fingerprint density at radius 2 is 2.00 bits per heavy atom. The van der Waals surface area contributed by atoms with Gasteiger partial charge in [-0.3, -0.25) is 0 Å². The second kappa shape index (κ2) is 4.65. The standard InChI is InChI=1S/C16H12BF3N2O/c1-23-14-8-2-5-11(18)15(14)16-12-6-3-9-21(12)17(19,20)22-10-4-7-13(16)22/h2-10H,1H3. The van der Waals surface area contributed by atoms with Crippen molar-refractivity contribution >= 4 is 18.8 Å². The van der Waals surface area contributed by atoms with Crippen LogP contribution in [0.1, 0.15) is 11.3 Å². The van der Waals surface area contributed by atoms with Crippen LogP contribution in [-0.4, -0.2) is 29.3 Å². The van der Waals surface area contributed by atoms with Crippen molar-refractivity contribution in [3.63, 3.8) is 0 Å². The van der Waals surface area contributed by atoms with Crippen molar-refractivity contribution in [1.29, 1.82) is 0 Å². The SMILES string of the molecule is COc1cccc(F)c1C1=C2C=CC=[N+]2[B-](F)(F)n2cccc21. The van der Waals surface area contributed by atoms with Crippen molar-refractivity contribution in [2.24, 2.45) is 0 Å². The van der Waals surface area contributed by atoms with Gasteiger partial charge in [-0.15, -0.1) is 0 Å². The average molecular weight is 316 g/mol. The van der Waals surface area contributed by atoms with Gasteiger partial charge in [0.25, 0.3) is 0 Å². The molecule has 0 saturated heterocycles. The number of methoxy groups -OCH3 is 1.